The topological polar surface area (TPSA) is 77.0 Å². The van der Waals surface area contributed by atoms with Gasteiger partial charge >= 0.3 is 0 Å². The molecule has 5 heteroatoms. The Morgan fingerprint density at radius 1 is 1.54 bits per heavy atom. The van der Waals surface area contributed by atoms with E-state index < -0.39 is 0 Å². The summed E-state index contributed by atoms with van der Waals surface area (Å²) in [4.78, 5) is 1.62. The Kier molecular flexibility index (Phi) is 2.18. The molecule has 3 N–H and O–H groups in total. The van der Waals surface area contributed by atoms with E-state index >= 15 is 0 Å². The highest BCUT2D eigenvalue weighted by molar-refractivity contribution is 5.19. The second-order valence-electron chi connectivity index (χ2n) is 3.56. The minimum atomic E-state index is -0.203. The number of nitrogen functional groups attached to an aromatic ring is 1. The van der Waals surface area contributed by atoms with Crippen molar-refractivity contribution >= 4 is 5.82 Å². The summed E-state index contributed by atoms with van der Waals surface area (Å²) in [5, 5.41) is 17.5. The lowest BCUT2D eigenvalue weighted by Crippen LogP contribution is -2.24. The van der Waals surface area contributed by atoms with Crippen LogP contribution in [0.4, 0.5) is 5.82 Å². The fourth-order valence-electron chi connectivity index (χ4n) is 1.81. The largest absolute Gasteiger partial charge is 0.393 e. The lowest BCUT2D eigenvalue weighted by Gasteiger charge is -2.24. The van der Waals surface area contributed by atoms with Gasteiger partial charge in [0.05, 0.1) is 18.3 Å². The standard InChI is InChI=1S/C8H14N4O/c9-8-5-10-12(11-8)6-2-1-3-7(13)4-6/h5-7,13H,1-4H2,(H2,9,11). The Morgan fingerprint density at radius 2 is 2.38 bits per heavy atom. The molecule has 0 amide bonds. The summed E-state index contributed by atoms with van der Waals surface area (Å²) >= 11 is 0. The SMILES string of the molecule is Nc1cnn(C2CCCC(O)C2)n1. The molecular formula is C8H14N4O. The average Bonchev–Trinajstić information content (AvgIpc) is 2.52. The number of aliphatic hydroxyl groups excluding tert-OH is 1. The Hall–Kier alpha value is -1.10. The molecule has 0 aliphatic heterocycles. The van der Waals surface area contributed by atoms with Crippen molar-refractivity contribution in [1.82, 2.24) is 15.0 Å². The summed E-state index contributed by atoms with van der Waals surface area (Å²) in [6, 6.07) is 0.223. The maximum absolute atomic E-state index is 9.45. The summed E-state index contributed by atoms with van der Waals surface area (Å²) in [5.41, 5.74) is 5.46. The Balaban J connectivity index is 2.08. The number of aliphatic hydroxyl groups is 1. The Morgan fingerprint density at radius 3 is 3.00 bits per heavy atom. The summed E-state index contributed by atoms with van der Waals surface area (Å²) in [6.45, 7) is 0. The number of anilines is 1. The summed E-state index contributed by atoms with van der Waals surface area (Å²) in [6.07, 6.45) is 5.05. The van der Waals surface area contributed by atoms with Crippen molar-refractivity contribution in [2.45, 2.75) is 37.8 Å². The fraction of sp³-hybridized carbons (Fsp3) is 0.750. The molecule has 1 aliphatic carbocycles. The summed E-state index contributed by atoms with van der Waals surface area (Å²) < 4.78 is 0. The molecule has 5 nitrogen and oxygen atoms in total. The zero-order valence-electron chi connectivity index (χ0n) is 7.43. The number of rotatable bonds is 1. The first-order valence-corrected chi connectivity index (χ1v) is 4.61. The van der Waals surface area contributed by atoms with Gasteiger partial charge in [-0.3, -0.25) is 0 Å². The number of hydrogen-bond donors (Lipinski definition) is 2. The highest BCUT2D eigenvalue weighted by Gasteiger charge is 2.22. The van der Waals surface area contributed by atoms with E-state index in [4.69, 9.17) is 5.73 Å². The van der Waals surface area contributed by atoms with Crippen molar-refractivity contribution in [2.75, 3.05) is 5.73 Å². The van der Waals surface area contributed by atoms with Crippen LogP contribution in [-0.2, 0) is 0 Å². The van der Waals surface area contributed by atoms with E-state index in [1.807, 2.05) is 0 Å². The van der Waals surface area contributed by atoms with Crippen LogP contribution in [0.1, 0.15) is 31.7 Å². The second kappa shape index (κ2) is 3.33. The highest BCUT2D eigenvalue weighted by atomic mass is 16.3. The van der Waals surface area contributed by atoms with Crippen LogP contribution in [0.15, 0.2) is 6.20 Å². The summed E-state index contributed by atoms with van der Waals surface area (Å²) in [7, 11) is 0. The van der Waals surface area contributed by atoms with E-state index in [-0.39, 0.29) is 12.1 Å². The van der Waals surface area contributed by atoms with E-state index in [1.165, 1.54) is 0 Å². The molecule has 1 saturated carbocycles. The molecule has 0 radical (unpaired) electrons. The molecule has 0 saturated heterocycles. The third-order valence-electron chi connectivity index (χ3n) is 2.47. The van der Waals surface area contributed by atoms with Crippen LogP contribution < -0.4 is 5.73 Å². The van der Waals surface area contributed by atoms with Gasteiger partial charge in [0.15, 0.2) is 5.82 Å². The van der Waals surface area contributed by atoms with Crippen LogP contribution in [0.3, 0.4) is 0 Å². The molecular weight excluding hydrogens is 168 g/mol. The van der Waals surface area contributed by atoms with Crippen molar-refractivity contribution in [3.05, 3.63) is 6.20 Å². The van der Waals surface area contributed by atoms with Gasteiger partial charge in [-0.2, -0.15) is 9.90 Å². The zero-order chi connectivity index (χ0) is 9.26. The van der Waals surface area contributed by atoms with E-state index in [2.05, 4.69) is 10.2 Å². The lowest BCUT2D eigenvalue weighted by atomic mass is 9.93. The molecule has 0 spiro atoms. The molecule has 2 unspecified atom stereocenters. The van der Waals surface area contributed by atoms with Gasteiger partial charge in [0.25, 0.3) is 0 Å². The molecule has 1 heterocycles. The normalized spacial score (nSPS) is 29.0. The van der Waals surface area contributed by atoms with Crippen LogP contribution in [0, 0.1) is 0 Å². The minimum Gasteiger partial charge on any atom is -0.393 e. The van der Waals surface area contributed by atoms with Crippen LogP contribution in [0.5, 0.6) is 0 Å². The molecule has 2 atom stereocenters. The second-order valence-corrected chi connectivity index (χ2v) is 3.56. The van der Waals surface area contributed by atoms with Gasteiger partial charge in [0.1, 0.15) is 0 Å². The highest BCUT2D eigenvalue weighted by Crippen LogP contribution is 2.27. The fourth-order valence-corrected chi connectivity index (χ4v) is 1.81. The van der Waals surface area contributed by atoms with E-state index in [1.54, 1.807) is 11.0 Å². The number of hydrogen-bond acceptors (Lipinski definition) is 4. The molecule has 0 bridgehead atoms. The number of aromatic nitrogens is 3. The van der Waals surface area contributed by atoms with Crippen LogP contribution in [-0.4, -0.2) is 26.2 Å². The molecule has 0 aromatic carbocycles. The first kappa shape index (κ1) is 8.50. The van der Waals surface area contributed by atoms with E-state index in [0.717, 1.165) is 25.7 Å². The number of nitrogens with zero attached hydrogens (tertiary/aromatic N) is 3. The van der Waals surface area contributed by atoms with Gasteiger partial charge in [-0.1, -0.05) is 0 Å². The van der Waals surface area contributed by atoms with Gasteiger partial charge in [-0.05, 0) is 25.7 Å². The monoisotopic (exact) mass is 182 g/mol. The number of nitrogens with two attached hydrogens (primary N) is 1. The molecule has 1 aromatic heterocycles. The quantitative estimate of drug-likeness (QED) is 0.656. The molecule has 1 aromatic rings. The molecule has 1 aliphatic rings. The van der Waals surface area contributed by atoms with Crippen LogP contribution >= 0.6 is 0 Å². The van der Waals surface area contributed by atoms with Gasteiger partial charge < -0.3 is 10.8 Å². The smallest absolute Gasteiger partial charge is 0.165 e. The van der Waals surface area contributed by atoms with Gasteiger partial charge in [-0.15, -0.1) is 5.10 Å². The van der Waals surface area contributed by atoms with Crippen molar-refractivity contribution < 1.29 is 5.11 Å². The van der Waals surface area contributed by atoms with Crippen molar-refractivity contribution in [2.24, 2.45) is 0 Å². The summed E-state index contributed by atoms with van der Waals surface area (Å²) in [5.74, 6) is 0.445. The molecule has 1 fully saturated rings. The van der Waals surface area contributed by atoms with Gasteiger partial charge in [-0.25, -0.2) is 0 Å². The predicted octanol–water partition coefficient (Wildman–Crippen LogP) is 0.336. The third-order valence-corrected chi connectivity index (χ3v) is 2.47. The van der Waals surface area contributed by atoms with E-state index in [0.29, 0.717) is 5.82 Å². The third kappa shape index (κ3) is 1.80. The first-order chi connectivity index (χ1) is 6.25. The van der Waals surface area contributed by atoms with Crippen molar-refractivity contribution in [1.29, 1.82) is 0 Å². The minimum absolute atomic E-state index is 0.203. The predicted molar refractivity (Wildman–Crippen MR) is 47.9 cm³/mol. The van der Waals surface area contributed by atoms with Crippen LogP contribution in [0.2, 0.25) is 0 Å². The molecule has 13 heavy (non-hydrogen) atoms. The molecule has 2 rings (SSSR count). The van der Waals surface area contributed by atoms with Gasteiger partial charge in [0.2, 0.25) is 0 Å². The van der Waals surface area contributed by atoms with E-state index in [9.17, 15) is 5.11 Å². The van der Waals surface area contributed by atoms with Gasteiger partial charge in [0, 0.05) is 0 Å². The Bertz CT molecular complexity index is 285. The molecule has 72 valence electrons. The maximum Gasteiger partial charge on any atom is 0.165 e. The van der Waals surface area contributed by atoms with Crippen molar-refractivity contribution in [3.63, 3.8) is 0 Å². The van der Waals surface area contributed by atoms with Crippen LogP contribution in [0.25, 0.3) is 0 Å². The Labute approximate surface area is 76.5 Å². The maximum atomic E-state index is 9.45. The lowest BCUT2D eigenvalue weighted by molar-refractivity contribution is 0.0957. The zero-order valence-corrected chi connectivity index (χ0v) is 7.43. The van der Waals surface area contributed by atoms with Crippen molar-refractivity contribution in [3.8, 4) is 0 Å². The first-order valence-electron chi connectivity index (χ1n) is 4.61. The average molecular weight is 182 g/mol.